The molecule has 184 valence electrons. The van der Waals surface area contributed by atoms with E-state index in [4.69, 9.17) is 9.73 Å². The van der Waals surface area contributed by atoms with Gasteiger partial charge in [0.1, 0.15) is 0 Å². The predicted octanol–water partition coefficient (Wildman–Crippen LogP) is 1.60. The van der Waals surface area contributed by atoms with Crippen molar-refractivity contribution >= 4 is 44.2 Å². The van der Waals surface area contributed by atoms with Crippen molar-refractivity contribution in [3.8, 4) is 0 Å². The number of anilines is 1. The zero-order valence-electron chi connectivity index (χ0n) is 19.5. The number of benzene rings is 1. The molecule has 2 aliphatic rings. The standard InChI is InChI=1S/C22H26AsF2N9O/c1-30(2)7-8-32-14-15(13-26-32)33-20(23)28-21(29-22(33)31-9-11-35-12-10-31)34-17-6-4-3-5-16(17)27-19(34)18(24)25/h3-6,13-14,18,22H,7-12H2,1-2H3. The van der Waals surface area contributed by atoms with Gasteiger partial charge in [-0.1, -0.05) is 0 Å². The van der Waals surface area contributed by atoms with Gasteiger partial charge in [-0.2, -0.15) is 0 Å². The van der Waals surface area contributed by atoms with Crippen LogP contribution in [0.3, 0.4) is 0 Å². The first-order valence-electron chi connectivity index (χ1n) is 11.3. The second-order valence-electron chi connectivity index (χ2n) is 8.57. The molecule has 1 saturated heterocycles. The molecule has 0 saturated carbocycles. The predicted molar refractivity (Wildman–Crippen MR) is 130 cm³/mol. The number of hydrogen-bond acceptors (Lipinski definition) is 8. The van der Waals surface area contributed by atoms with Crippen molar-refractivity contribution in [1.82, 2.24) is 29.1 Å². The summed E-state index contributed by atoms with van der Waals surface area (Å²) in [6, 6.07) is 7.03. The van der Waals surface area contributed by atoms with E-state index in [1.54, 1.807) is 30.5 Å². The SMILES string of the molecule is CN(C)CCn1cc(N2C([As])=NC(n3c(C(F)F)nc4ccccc43)=NC2N2CCOCC2)cn1. The quantitative estimate of drug-likeness (QED) is 0.438. The van der Waals surface area contributed by atoms with Gasteiger partial charge in [0, 0.05) is 0 Å². The van der Waals surface area contributed by atoms with Crippen LogP contribution in [0.2, 0.25) is 0 Å². The zero-order chi connectivity index (χ0) is 24.5. The fourth-order valence-corrected chi connectivity index (χ4v) is 4.80. The van der Waals surface area contributed by atoms with Crippen molar-refractivity contribution in [1.29, 1.82) is 0 Å². The molecule has 0 amide bonds. The van der Waals surface area contributed by atoms with Gasteiger partial charge in [0.25, 0.3) is 0 Å². The van der Waals surface area contributed by atoms with Crippen molar-refractivity contribution in [2.24, 2.45) is 9.98 Å². The van der Waals surface area contributed by atoms with Crippen LogP contribution >= 0.6 is 0 Å². The second-order valence-corrected chi connectivity index (χ2v) is 9.40. The maximum atomic E-state index is 14.0. The molecular weight excluding hydrogens is 519 g/mol. The van der Waals surface area contributed by atoms with Crippen molar-refractivity contribution in [3.05, 3.63) is 42.5 Å². The summed E-state index contributed by atoms with van der Waals surface area (Å²) in [7, 11) is 4.03. The van der Waals surface area contributed by atoms with E-state index in [0.717, 1.165) is 18.8 Å². The van der Waals surface area contributed by atoms with Gasteiger partial charge in [-0.05, 0) is 0 Å². The molecule has 3 aromatic rings. The third-order valence-electron chi connectivity index (χ3n) is 5.91. The second kappa shape index (κ2) is 10.1. The number of ether oxygens (including phenoxy) is 1. The number of amidine groups is 1. The number of fused-ring (bicyclic) bond motifs is 1. The molecule has 0 aliphatic carbocycles. The summed E-state index contributed by atoms with van der Waals surface area (Å²) in [5, 5.41) is 4.50. The van der Waals surface area contributed by atoms with Crippen LogP contribution in [-0.4, -0.2) is 110 Å². The van der Waals surface area contributed by atoms with Crippen molar-refractivity contribution < 1.29 is 13.5 Å². The molecule has 1 aromatic carbocycles. The molecule has 10 nitrogen and oxygen atoms in total. The topological polar surface area (TPSA) is 79.3 Å². The molecule has 2 radical (unpaired) electrons. The molecule has 1 fully saturated rings. The Hall–Kier alpha value is -2.66. The van der Waals surface area contributed by atoms with Gasteiger partial charge in [-0.15, -0.1) is 0 Å². The number of aliphatic imine (C=N–C) groups is 2. The van der Waals surface area contributed by atoms with Crippen LogP contribution in [0.4, 0.5) is 14.5 Å². The first-order chi connectivity index (χ1) is 16.9. The molecule has 13 heteroatoms. The van der Waals surface area contributed by atoms with Crippen LogP contribution < -0.4 is 4.90 Å². The van der Waals surface area contributed by atoms with E-state index in [0.29, 0.717) is 42.0 Å². The Labute approximate surface area is 210 Å². The Morgan fingerprint density at radius 2 is 1.97 bits per heavy atom. The Kier molecular flexibility index (Phi) is 6.97. The third kappa shape index (κ3) is 4.88. The minimum atomic E-state index is -2.77. The molecule has 0 bridgehead atoms. The number of halogens is 2. The van der Waals surface area contributed by atoms with E-state index < -0.39 is 12.7 Å². The molecular formula is C22H26AsF2N9O. The van der Waals surface area contributed by atoms with E-state index in [1.807, 2.05) is 29.9 Å². The number of aromatic nitrogens is 4. The molecule has 4 heterocycles. The number of nitrogens with zero attached hydrogens (tertiary/aromatic N) is 9. The molecule has 1 atom stereocenters. The maximum absolute atomic E-state index is 14.0. The Morgan fingerprint density at radius 3 is 2.71 bits per heavy atom. The zero-order valence-corrected chi connectivity index (χ0v) is 21.4. The summed E-state index contributed by atoms with van der Waals surface area (Å²) in [4.78, 5) is 19.9. The van der Waals surface area contributed by atoms with Crippen LogP contribution in [0.1, 0.15) is 12.2 Å². The number of likely N-dealkylation sites (N-methyl/N-ethyl adjacent to an activating group) is 1. The summed E-state index contributed by atoms with van der Waals surface area (Å²) in [6.07, 6.45) is 0.467. The summed E-state index contributed by atoms with van der Waals surface area (Å²) in [5.41, 5.74) is 1.84. The number of hydrogen-bond donors (Lipinski definition) is 0. The fraction of sp³-hybridized carbons (Fsp3) is 0.455. The van der Waals surface area contributed by atoms with Crippen molar-refractivity contribution in [2.75, 3.05) is 51.8 Å². The average Bonchev–Trinajstić information content (AvgIpc) is 3.47. The Balaban J connectivity index is 1.57. The van der Waals surface area contributed by atoms with Crippen LogP contribution in [0.15, 0.2) is 46.6 Å². The summed E-state index contributed by atoms with van der Waals surface area (Å²) >= 11 is 2.44. The number of morpholine rings is 1. The number of para-hydroxylation sites is 2. The van der Waals surface area contributed by atoms with E-state index in [2.05, 4.69) is 41.7 Å². The number of rotatable bonds is 6. The first kappa shape index (κ1) is 24.1. The summed E-state index contributed by atoms with van der Waals surface area (Å²) < 4.78 is 37.4. The molecule has 0 spiro atoms. The average molecular weight is 545 g/mol. The van der Waals surface area contributed by atoms with Gasteiger partial charge in [-0.25, -0.2) is 0 Å². The van der Waals surface area contributed by atoms with Crippen molar-refractivity contribution in [2.45, 2.75) is 19.3 Å². The first-order valence-corrected chi connectivity index (χ1v) is 12.3. The van der Waals surface area contributed by atoms with Gasteiger partial charge in [0.15, 0.2) is 0 Å². The fourth-order valence-electron chi connectivity index (χ4n) is 4.15. The van der Waals surface area contributed by atoms with Crippen molar-refractivity contribution in [3.63, 3.8) is 0 Å². The van der Waals surface area contributed by atoms with Crippen LogP contribution in [0, 0.1) is 0 Å². The minimum absolute atomic E-state index is 0.178. The van der Waals surface area contributed by atoms with E-state index in [-0.39, 0.29) is 11.8 Å². The van der Waals surface area contributed by atoms with Gasteiger partial charge in [0.2, 0.25) is 0 Å². The molecule has 5 rings (SSSR count). The molecule has 2 aromatic heterocycles. The normalized spacial score (nSPS) is 19.6. The van der Waals surface area contributed by atoms with Gasteiger partial charge in [0.05, 0.1) is 0 Å². The van der Waals surface area contributed by atoms with E-state index in [1.165, 1.54) is 4.57 Å². The van der Waals surface area contributed by atoms with Gasteiger partial charge >= 0.3 is 210 Å². The number of alkyl halides is 2. The third-order valence-corrected chi connectivity index (χ3v) is 6.57. The van der Waals surface area contributed by atoms with E-state index in [9.17, 15) is 8.78 Å². The molecule has 0 N–H and O–H groups in total. The van der Waals surface area contributed by atoms with Crippen LogP contribution in [0.5, 0.6) is 0 Å². The number of imidazole rings is 1. The molecule has 1 unspecified atom stereocenters. The molecule has 2 aliphatic heterocycles. The van der Waals surface area contributed by atoms with Crippen LogP contribution in [0.25, 0.3) is 11.0 Å². The monoisotopic (exact) mass is 545 g/mol. The Morgan fingerprint density at radius 1 is 1.20 bits per heavy atom. The summed E-state index contributed by atoms with van der Waals surface area (Å²) in [6.45, 7) is 4.03. The van der Waals surface area contributed by atoms with Crippen LogP contribution in [-0.2, 0) is 11.3 Å². The molecule has 35 heavy (non-hydrogen) atoms. The summed E-state index contributed by atoms with van der Waals surface area (Å²) in [5.74, 6) is -0.197. The van der Waals surface area contributed by atoms with Gasteiger partial charge < -0.3 is 0 Å². The van der Waals surface area contributed by atoms with E-state index >= 15 is 0 Å². The Bertz CT molecular complexity index is 1250. The van der Waals surface area contributed by atoms with Gasteiger partial charge in [-0.3, -0.25) is 0 Å².